The summed E-state index contributed by atoms with van der Waals surface area (Å²) in [4.78, 5) is 14.7. The first-order chi connectivity index (χ1) is 12.4. The molecule has 1 heterocycles. The van der Waals surface area contributed by atoms with Crippen LogP contribution in [0.4, 0.5) is 0 Å². The van der Waals surface area contributed by atoms with Crippen LogP contribution in [0.5, 0.6) is 0 Å². The molecule has 1 amide bonds. The smallest absolute Gasteiger partial charge is 0.253 e. The lowest BCUT2D eigenvalue weighted by molar-refractivity contribution is 0.0708. The van der Waals surface area contributed by atoms with Gasteiger partial charge in [0.25, 0.3) is 5.91 Å². The van der Waals surface area contributed by atoms with Crippen molar-refractivity contribution in [1.82, 2.24) is 9.21 Å². The van der Waals surface area contributed by atoms with Crippen LogP contribution in [0.15, 0.2) is 29.2 Å². The number of amides is 1. The number of nitrogens with zero attached hydrogens (tertiary/aromatic N) is 2. The van der Waals surface area contributed by atoms with E-state index in [0.29, 0.717) is 18.7 Å². The minimum absolute atomic E-state index is 0. The van der Waals surface area contributed by atoms with Gasteiger partial charge in [-0.15, -0.1) is 12.4 Å². The Kier molecular flexibility index (Phi) is 7.68. The molecule has 2 N–H and O–H groups in total. The van der Waals surface area contributed by atoms with Crippen molar-refractivity contribution in [3.63, 3.8) is 0 Å². The molecule has 1 atom stereocenters. The van der Waals surface area contributed by atoms with Gasteiger partial charge < -0.3 is 10.6 Å². The van der Waals surface area contributed by atoms with Crippen molar-refractivity contribution < 1.29 is 13.2 Å². The Morgan fingerprint density at radius 3 is 2.52 bits per heavy atom. The van der Waals surface area contributed by atoms with Crippen LogP contribution in [-0.2, 0) is 10.0 Å². The molecule has 1 saturated heterocycles. The maximum atomic E-state index is 13.0. The van der Waals surface area contributed by atoms with Crippen molar-refractivity contribution in [2.75, 3.05) is 20.1 Å². The van der Waals surface area contributed by atoms with Crippen molar-refractivity contribution >= 4 is 28.3 Å². The minimum atomic E-state index is -3.60. The average Bonchev–Trinajstić information content (AvgIpc) is 2.67. The zero-order chi connectivity index (χ0) is 18.7. The Morgan fingerprint density at radius 2 is 1.85 bits per heavy atom. The molecule has 1 aromatic rings. The van der Waals surface area contributed by atoms with Crippen molar-refractivity contribution in [2.45, 2.75) is 61.9 Å². The molecular weight excluding hydrogens is 386 g/mol. The van der Waals surface area contributed by atoms with Crippen LogP contribution >= 0.6 is 12.4 Å². The highest BCUT2D eigenvalue weighted by atomic mass is 35.5. The number of carbonyl (C=O) groups excluding carboxylic acids is 1. The van der Waals surface area contributed by atoms with Crippen molar-refractivity contribution in [2.24, 2.45) is 5.73 Å². The fourth-order valence-electron chi connectivity index (χ4n) is 3.97. The summed E-state index contributed by atoms with van der Waals surface area (Å²) in [6, 6.07) is 6.47. The molecular formula is C19H30ClN3O3S. The molecule has 2 fully saturated rings. The zero-order valence-corrected chi connectivity index (χ0v) is 17.5. The molecule has 1 aliphatic carbocycles. The first-order valence-corrected chi connectivity index (χ1v) is 11.0. The van der Waals surface area contributed by atoms with Gasteiger partial charge in [-0.1, -0.05) is 25.3 Å². The zero-order valence-electron chi connectivity index (χ0n) is 15.8. The molecule has 0 radical (unpaired) electrons. The van der Waals surface area contributed by atoms with E-state index in [1.165, 1.54) is 16.8 Å². The van der Waals surface area contributed by atoms with Crippen LogP contribution < -0.4 is 5.73 Å². The number of carbonyl (C=O) groups is 1. The van der Waals surface area contributed by atoms with Crippen molar-refractivity contribution in [3.05, 3.63) is 29.8 Å². The molecule has 0 bridgehead atoms. The third kappa shape index (κ3) is 5.02. The SMILES string of the molecule is CN(C1CCCCC1)S(=O)(=O)c1cccc(C(=O)N2CCCC(N)C2)c1.Cl. The van der Waals surface area contributed by atoms with E-state index in [1.54, 1.807) is 30.1 Å². The van der Waals surface area contributed by atoms with E-state index in [0.717, 1.165) is 38.5 Å². The fourth-order valence-corrected chi connectivity index (χ4v) is 5.44. The van der Waals surface area contributed by atoms with E-state index in [-0.39, 0.29) is 35.3 Å². The van der Waals surface area contributed by atoms with Gasteiger partial charge in [0, 0.05) is 37.8 Å². The molecule has 8 heteroatoms. The molecule has 1 saturated carbocycles. The first kappa shape index (κ1) is 22.1. The molecule has 6 nitrogen and oxygen atoms in total. The van der Waals surface area contributed by atoms with E-state index < -0.39 is 10.0 Å². The number of hydrogen-bond acceptors (Lipinski definition) is 4. The molecule has 0 spiro atoms. The highest BCUT2D eigenvalue weighted by molar-refractivity contribution is 7.89. The van der Waals surface area contributed by atoms with Gasteiger partial charge in [-0.2, -0.15) is 4.31 Å². The van der Waals surface area contributed by atoms with Gasteiger partial charge in [0.1, 0.15) is 0 Å². The van der Waals surface area contributed by atoms with Gasteiger partial charge >= 0.3 is 0 Å². The van der Waals surface area contributed by atoms with Gasteiger partial charge in [0.15, 0.2) is 0 Å². The lowest BCUT2D eigenvalue weighted by Crippen LogP contribution is -2.45. The summed E-state index contributed by atoms with van der Waals surface area (Å²) in [5, 5.41) is 0. The summed E-state index contributed by atoms with van der Waals surface area (Å²) < 4.78 is 27.5. The van der Waals surface area contributed by atoms with Crippen LogP contribution in [0.2, 0.25) is 0 Å². The number of hydrogen-bond donors (Lipinski definition) is 1. The molecule has 1 aromatic carbocycles. The van der Waals surface area contributed by atoms with Crippen LogP contribution in [0.1, 0.15) is 55.3 Å². The maximum absolute atomic E-state index is 13.0. The third-order valence-corrected chi connectivity index (χ3v) is 7.50. The van der Waals surface area contributed by atoms with Crippen molar-refractivity contribution in [3.8, 4) is 0 Å². The van der Waals surface area contributed by atoms with E-state index >= 15 is 0 Å². The standard InChI is InChI=1S/C19H29N3O3S.ClH/c1-21(17-9-3-2-4-10-17)26(24,25)18-11-5-7-15(13-18)19(23)22-12-6-8-16(20)14-22;/h5,7,11,13,16-17H,2-4,6,8-10,12,14,20H2,1H3;1H. The Morgan fingerprint density at radius 1 is 1.15 bits per heavy atom. The Bertz CT molecular complexity index is 750. The van der Waals surface area contributed by atoms with E-state index in [2.05, 4.69) is 0 Å². The van der Waals surface area contributed by atoms with Crippen LogP contribution in [0.25, 0.3) is 0 Å². The van der Waals surface area contributed by atoms with E-state index in [9.17, 15) is 13.2 Å². The number of benzene rings is 1. The predicted molar refractivity (Wildman–Crippen MR) is 109 cm³/mol. The topological polar surface area (TPSA) is 83.7 Å². The van der Waals surface area contributed by atoms with Crippen molar-refractivity contribution in [1.29, 1.82) is 0 Å². The largest absolute Gasteiger partial charge is 0.337 e. The molecule has 3 rings (SSSR count). The van der Waals surface area contributed by atoms with Crippen LogP contribution in [0.3, 0.4) is 0 Å². The number of halogens is 1. The number of piperidine rings is 1. The second-order valence-electron chi connectivity index (χ2n) is 7.49. The minimum Gasteiger partial charge on any atom is -0.337 e. The Labute approximate surface area is 168 Å². The lowest BCUT2D eigenvalue weighted by atomic mass is 9.96. The van der Waals surface area contributed by atoms with E-state index in [1.807, 2.05) is 0 Å². The summed E-state index contributed by atoms with van der Waals surface area (Å²) in [6.45, 7) is 1.20. The molecule has 27 heavy (non-hydrogen) atoms. The van der Waals surface area contributed by atoms with Crippen LogP contribution in [-0.4, -0.2) is 55.8 Å². The molecule has 1 unspecified atom stereocenters. The molecule has 152 valence electrons. The summed E-state index contributed by atoms with van der Waals surface area (Å²) in [6.07, 6.45) is 6.92. The normalized spacial score (nSPS) is 21.7. The number of sulfonamides is 1. The number of rotatable bonds is 4. The summed E-state index contributed by atoms with van der Waals surface area (Å²) in [5.74, 6) is -0.141. The third-order valence-electron chi connectivity index (χ3n) is 5.59. The Balaban J connectivity index is 0.00000261. The molecule has 2 aliphatic rings. The quantitative estimate of drug-likeness (QED) is 0.819. The first-order valence-electron chi connectivity index (χ1n) is 9.52. The van der Waals surface area contributed by atoms with Gasteiger partial charge in [0.2, 0.25) is 10.0 Å². The Hall–Kier alpha value is -1.15. The summed E-state index contributed by atoms with van der Waals surface area (Å²) in [5.41, 5.74) is 6.38. The van der Waals surface area contributed by atoms with Gasteiger partial charge in [-0.3, -0.25) is 4.79 Å². The fraction of sp³-hybridized carbons (Fsp3) is 0.632. The van der Waals surface area contributed by atoms with Gasteiger partial charge in [-0.25, -0.2) is 8.42 Å². The second kappa shape index (κ2) is 9.37. The summed E-state index contributed by atoms with van der Waals surface area (Å²) in [7, 11) is -1.94. The monoisotopic (exact) mass is 415 g/mol. The highest BCUT2D eigenvalue weighted by Gasteiger charge is 2.30. The lowest BCUT2D eigenvalue weighted by Gasteiger charge is -2.31. The number of nitrogens with two attached hydrogens (primary N) is 1. The van der Waals surface area contributed by atoms with Crippen LogP contribution in [0, 0.1) is 0 Å². The summed E-state index contributed by atoms with van der Waals surface area (Å²) >= 11 is 0. The molecule has 0 aromatic heterocycles. The second-order valence-corrected chi connectivity index (χ2v) is 9.49. The maximum Gasteiger partial charge on any atom is 0.253 e. The van der Waals surface area contributed by atoms with Gasteiger partial charge in [-0.05, 0) is 43.9 Å². The highest BCUT2D eigenvalue weighted by Crippen LogP contribution is 2.27. The number of likely N-dealkylation sites (tertiary alicyclic amines) is 1. The van der Waals surface area contributed by atoms with Gasteiger partial charge in [0.05, 0.1) is 4.90 Å². The predicted octanol–water partition coefficient (Wildman–Crippen LogP) is 2.62. The van der Waals surface area contributed by atoms with E-state index in [4.69, 9.17) is 5.73 Å². The molecule has 1 aliphatic heterocycles. The average molecular weight is 416 g/mol.